The van der Waals surface area contributed by atoms with Crippen molar-refractivity contribution in [2.75, 3.05) is 31.6 Å². The molecule has 2 N–H and O–H groups in total. The van der Waals surface area contributed by atoms with Gasteiger partial charge in [0.1, 0.15) is 16.8 Å². The molecule has 2 aliphatic heterocycles. The molecule has 2 aliphatic rings. The van der Waals surface area contributed by atoms with Crippen molar-refractivity contribution in [1.29, 1.82) is 0 Å². The number of fused-ring (bicyclic) bond motifs is 1. The Labute approximate surface area is 223 Å². The molecule has 0 aromatic carbocycles. The number of halogens is 3. The first-order chi connectivity index (χ1) is 18.5. The van der Waals surface area contributed by atoms with Gasteiger partial charge >= 0.3 is 12.3 Å². The van der Waals surface area contributed by atoms with Gasteiger partial charge in [-0.15, -0.1) is 0 Å². The second-order valence-corrected chi connectivity index (χ2v) is 10.7. The van der Waals surface area contributed by atoms with Crippen molar-refractivity contribution in [2.45, 2.75) is 57.9 Å². The zero-order valence-corrected chi connectivity index (χ0v) is 22.1. The average molecular weight is 545 g/mol. The molecule has 3 aromatic rings. The number of hydrogen-bond donors (Lipinski definition) is 2. The Bertz CT molecular complexity index is 1400. The Morgan fingerprint density at radius 2 is 2.05 bits per heavy atom. The van der Waals surface area contributed by atoms with Gasteiger partial charge < -0.3 is 24.7 Å². The molecule has 1 fully saturated rings. The highest BCUT2D eigenvalue weighted by molar-refractivity contribution is 5.94. The van der Waals surface area contributed by atoms with Gasteiger partial charge in [0, 0.05) is 42.5 Å². The van der Waals surface area contributed by atoms with Gasteiger partial charge in [-0.1, -0.05) is 6.08 Å². The molecule has 39 heavy (non-hydrogen) atoms. The standard InChI is InChI=1S/C27H31F3N6O3/c1-26(2,3)39-25(37)36-10-4-5-17(15-36)33-24-32-14-20(27(28,29)30)22(35-24)19-13-31-23-18(19)6-7-21(34-23)16-8-11-38-12-9-16/h6-8,13-14,17H,4-5,9-12,15H2,1-3H3,(H,31,34)(H,32,33,35)/t17-/m0/s1. The number of nitrogens with one attached hydrogen (secondary N) is 2. The van der Waals surface area contributed by atoms with Crippen molar-refractivity contribution in [2.24, 2.45) is 0 Å². The Morgan fingerprint density at radius 1 is 1.23 bits per heavy atom. The van der Waals surface area contributed by atoms with E-state index in [-0.39, 0.29) is 23.2 Å². The number of H-pyrrole nitrogens is 1. The van der Waals surface area contributed by atoms with Gasteiger partial charge in [-0.25, -0.2) is 19.7 Å². The zero-order valence-electron chi connectivity index (χ0n) is 22.1. The SMILES string of the molecule is CC(C)(C)OC(=O)N1CCC[C@H](Nc2ncc(C(F)(F)F)c(-c3c[nH]c4nc(C5=CCOCC5)ccc34)n2)C1. The lowest BCUT2D eigenvalue weighted by Crippen LogP contribution is -2.47. The van der Waals surface area contributed by atoms with Crippen LogP contribution in [-0.4, -0.2) is 68.9 Å². The summed E-state index contributed by atoms with van der Waals surface area (Å²) in [7, 11) is 0. The average Bonchev–Trinajstić information content (AvgIpc) is 3.31. The van der Waals surface area contributed by atoms with E-state index in [1.807, 2.05) is 6.08 Å². The molecular formula is C27H31F3N6O3. The van der Waals surface area contributed by atoms with E-state index in [0.717, 1.165) is 23.9 Å². The number of likely N-dealkylation sites (tertiary alicyclic amines) is 1. The number of pyridine rings is 1. The van der Waals surface area contributed by atoms with Crippen molar-refractivity contribution < 1.29 is 27.4 Å². The van der Waals surface area contributed by atoms with Crippen LogP contribution in [0, 0.1) is 0 Å². The third-order valence-electron chi connectivity index (χ3n) is 6.59. The molecule has 3 aromatic heterocycles. The van der Waals surface area contributed by atoms with Gasteiger partial charge in [-0.05, 0) is 57.7 Å². The number of carbonyl (C=O) groups excluding carboxylic acids is 1. The number of aromatic amines is 1. The number of rotatable bonds is 4. The number of ether oxygens (including phenoxy) is 2. The topological polar surface area (TPSA) is 105 Å². The van der Waals surface area contributed by atoms with Crippen molar-refractivity contribution in [1.82, 2.24) is 24.8 Å². The molecule has 9 nitrogen and oxygen atoms in total. The summed E-state index contributed by atoms with van der Waals surface area (Å²) in [6, 6.07) is 3.32. The van der Waals surface area contributed by atoms with Crippen LogP contribution in [0.3, 0.4) is 0 Å². The number of alkyl halides is 3. The summed E-state index contributed by atoms with van der Waals surface area (Å²) < 4.78 is 52.9. The number of carbonyl (C=O) groups is 1. The summed E-state index contributed by atoms with van der Waals surface area (Å²) in [5.74, 6) is 0.0559. The Morgan fingerprint density at radius 3 is 2.77 bits per heavy atom. The van der Waals surface area contributed by atoms with E-state index in [1.54, 1.807) is 37.8 Å². The molecule has 1 saturated heterocycles. The van der Waals surface area contributed by atoms with Crippen LogP contribution in [0.5, 0.6) is 0 Å². The predicted molar refractivity (Wildman–Crippen MR) is 140 cm³/mol. The number of piperidine rings is 1. The Balaban J connectivity index is 1.43. The molecule has 5 heterocycles. The second kappa shape index (κ2) is 10.5. The van der Waals surface area contributed by atoms with Gasteiger partial charge in [0.15, 0.2) is 0 Å². The lowest BCUT2D eigenvalue weighted by Gasteiger charge is -2.34. The predicted octanol–water partition coefficient (Wildman–Crippen LogP) is 5.65. The maximum absolute atomic E-state index is 14.0. The molecule has 1 amide bonds. The largest absolute Gasteiger partial charge is 0.444 e. The highest BCUT2D eigenvalue weighted by Crippen LogP contribution is 2.39. The van der Waals surface area contributed by atoms with Crippen LogP contribution in [-0.2, 0) is 15.7 Å². The van der Waals surface area contributed by atoms with Crippen molar-refractivity contribution in [3.05, 3.63) is 41.9 Å². The zero-order chi connectivity index (χ0) is 27.8. The van der Waals surface area contributed by atoms with E-state index < -0.39 is 23.4 Å². The van der Waals surface area contributed by atoms with Crippen LogP contribution < -0.4 is 5.32 Å². The van der Waals surface area contributed by atoms with E-state index in [1.165, 1.54) is 6.20 Å². The highest BCUT2D eigenvalue weighted by Gasteiger charge is 2.36. The quantitative estimate of drug-likeness (QED) is 0.437. The molecular weight excluding hydrogens is 513 g/mol. The summed E-state index contributed by atoms with van der Waals surface area (Å²) >= 11 is 0. The van der Waals surface area contributed by atoms with Crippen LogP contribution in [0.1, 0.15) is 51.3 Å². The van der Waals surface area contributed by atoms with Gasteiger partial charge in [-0.2, -0.15) is 13.2 Å². The molecule has 0 bridgehead atoms. The molecule has 0 saturated carbocycles. The third kappa shape index (κ3) is 6.16. The maximum Gasteiger partial charge on any atom is 0.419 e. The highest BCUT2D eigenvalue weighted by atomic mass is 19.4. The van der Waals surface area contributed by atoms with Crippen molar-refractivity contribution in [3.8, 4) is 11.3 Å². The lowest BCUT2D eigenvalue weighted by molar-refractivity contribution is -0.137. The van der Waals surface area contributed by atoms with Crippen LogP contribution in [0.2, 0.25) is 0 Å². The number of anilines is 1. The van der Waals surface area contributed by atoms with Crippen LogP contribution in [0.15, 0.2) is 30.6 Å². The molecule has 5 rings (SSSR count). The lowest BCUT2D eigenvalue weighted by atomic mass is 10.0. The maximum atomic E-state index is 14.0. The Hall–Kier alpha value is -3.67. The second-order valence-electron chi connectivity index (χ2n) is 10.7. The minimum atomic E-state index is -4.66. The molecule has 12 heteroatoms. The third-order valence-corrected chi connectivity index (χ3v) is 6.59. The van der Waals surface area contributed by atoms with Gasteiger partial charge in [0.05, 0.1) is 24.6 Å². The van der Waals surface area contributed by atoms with Crippen LogP contribution in [0.25, 0.3) is 27.9 Å². The molecule has 0 radical (unpaired) electrons. The summed E-state index contributed by atoms with van der Waals surface area (Å²) in [5, 5.41) is 3.65. The molecule has 1 atom stereocenters. The number of hydrogen-bond acceptors (Lipinski definition) is 7. The van der Waals surface area contributed by atoms with E-state index in [9.17, 15) is 18.0 Å². The first-order valence-corrected chi connectivity index (χ1v) is 12.9. The number of amides is 1. The normalized spacial score (nSPS) is 18.7. The first kappa shape index (κ1) is 26.9. The summed E-state index contributed by atoms with van der Waals surface area (Å²) in [6.45, 7) is 7.37. The fourth-order valence-electron chi connectivity index (χ4n) is 4.77. The molecule has 0 unspecified atom stereocenters. The summed E-state index contributed by atoms with van der Waals surface area (Å²) in [6.07, 6.45) is 1.31. The molecule has 208 valence electrons. The summed E-state index contributed by atoms with van der Waals surface area (Å²) in [5.41, 5.74) is 0.733. The molecule has 0 spiro atoms. The fraction of sp³-hybridized carbons (Fsp3) is 0.481. The van der Waals surface area contributed by atoms with Gasteiger partial charge in [0.25, 0.3) is 0 Å². The van der Waals surface area contributed by atoms with Crippen LogP contribution >= 0.6 is 0 Å². The number of aromatic nitrogens is 4. The van der Waals surface area contributed by atoms with Gasteiger partial charge in [-0.3, -0.25) is 0 Å². The number of nitrogens with zero attached hydrogens (tertiary/aromatic N) is 4. The van der Waals surface area contributed by atoms with E-state index in [0.29, 0.717) is 50.2 Å². The van der Waals surface area contributed by atoms with Crippen LogP contribution in [0.4, 0.5) is 23.9 Å². The monoisotopic (exact) mass is 544 g/mol. The summed E-state index contributed by atoms with van der Waals surface area (Å²) in [4.78, 5) is 30.0. The first-order valence-electron chi connectivity index (χ1n) is 12.9. The van der Waals surface area contributed by atoms with Crippen molar-refractivity contribution >= 4 is 28.6 Å². The smallest absolute Gasteiger partial charge is 0.419 e. The minimum absolute atomic E-state index is 0.0559. The van der Waals surface area contributed by atoms with E-state index >= 15 is 0 Å². The van der Waals surface area contributed by atoms with Crippen molar-refractivity contribution in [3.63, 3.8) is 0 Å². The fourth-order valence-corrected chi connectivity index (χ4v) is 4.77. The minimum Gasteiger partial charge on any atom is -0.444 e. The van der Waals surface area contributed by atoms with E-state index in [2.05, 4.69) is 25.3 Å². The Kier molecular flexibility index (Phi) is 7.23. The van der Waals surface area contributed by atoms with Gasteiger partial charge in [0.2, 0.25) is 5.95 Å². The molecule has 0 aliphatic carbocycles. The van der Waals surface area contributed by atoms with E-state index in [4.69, 9.17) is 9.47 Å².